The second-order valence-corrected chi connectivity index (χ2v) is 9.38. The van der Waals surface area contributed by atoms with Gasteiger partial charge in [0.25, 0.3) is 0 Å². The summed E-state index contributed by atoms with van der Waals surface area (Å²) in [5.74, 6) is 1.79. The van der Waals surface area contributed by atoms with Crippen LogP contribution >= 0.6 is 0 Å². The largest absolute Gasteiger partial charge is 0.469 e. The Bertz CT molecular complexity index is 1270. The van der Waals surface area contributed by atoms with Gasteiger partial charge in [-0.3, -0.25) is 4.79 Å². The molecule has 1 N–H and O–H groups in total. The molecule has 0 spiro atoms. The number of allylic oxidation sites excluding steroid dienone is 4. The van der Waals surface area contributed by atoms with Crippen molar-refractivity contribution >= 4 is 11.5 Å². The average Bonchev–Trinajstić information content (AvgIpc) is 3.21. The number of aromatic amines is 1. The first-order valence-electron chi connectivity index (χ1n) is 11.6. The molecule has 1 aromatic heterocycles. The van der Waals surface area contributed by atoms with Gasteiger partial charge in [-0.25, -0.2) is 18.9 Å². The van der Waals surface area contributed by atoms with Crippen LogP contribution in [0.25, 0.3) is 11.3 Å². The van der Waals surface area contributed by atoms with Gasteiger partial charge in [-0.1, -0.05) is 12.1 Å². The number of nitrogens with zero attached hydrogens (tertiary/aromatic N) is 3. The summed E-state index contributed by atoms with van der Waals surface area (Å²) in [6, 6.07) is 4.97. The van der Waals surface area contributed by atoms with Gasteiger partial charge in [0.05, 0.1) is 11.9 Å². The number of halogens is 1. The highest BCUT2D eigenvalue weighted by Crippen LogP contribution is 2.36. The number of likely N-dealkylation sites (tertiary alicyclic amines) is 1. The molecular weight excluding hydrogens is 423 g/mol. The average molecular weight is 448 g/mol. The molecular formula is C25H25FN4O3. The molecule has 7 nitrogen and oxygen atoms in total. The van der Waals surface area contributed by atoms with Crippen molar-refractivity contribution in [2.75, 3.05) is 13.1 Å². The van der Waals surface area contributed by atoms with Gasteiger partial charge in [-0.05, 0) is 67.0 Å². The molecule has 2 aromatic rings. The van der Waals surface area contributed by atoms with E-state index in [4.69, 9.17) is 4.74 Å². The number of nitrogens with one attached hydrogen (secondary N) is 1. The Labute approximate surface area is 190 Å². The highest BCUT2D eigenvalue weighted by Gasteiger charge is 2.37. The predicted octanol–water partition coefficient (Wildman–Crippen LogP) is 3.33. The number of amides is 1. The monoisotopic (exact) mass is 448 g/mol. The molecule has 1 saturated carbocycles. The van der Waals surface area contributed by atoms with Crippen LogP contribution in [0.2, 0.25) is 0 Å². The second kappa shape index (κ2) is 7.86. The molecule has 170 valence electrons. The van der Waals surface area contributed by atoms with E-state index in [1.165, 1.54) is 10.6 Å². The summed E-state index contributed by atoms with van der Waals surface area (Å²) < 4.78 is 22.0. The molecule has 33 heavy (non-hydrogen) atoms. The summed E-state index contributed by atoms with van der Waals surface area (Å²) in [6.07, 6.45) is 11.7. The molecule has 2 aliphatic heterocycles. The molecule has 1 amide bonds. The number of carbonyl (C=O) groups is 1. The Morgan fingerprint density at radius 3 is 2.94 bits per heavy atom. The molecule has 2 fully saturated rings. The van der Waals surface area contributed by atoms with E-state index in [1.54, 1.807) is 12.3 Å². The zero-order valence-electron chi connectivity index (χ0n) is 18.2. The molecule has 8 heteroatoms. The minimum atomic E-state index is -0.469. The highest BCUT2D eigenvalue weighted by molar-refractivity contribution is 5.81. The van der Waals surface area contributed by atoms with Crippen molar-refractivity contribution in [3.05, 3.63) is 76.1 Å². The predicted molar refractivity (Wildman–Crippen MR) is 120 cm³/mol. The maximum absolute atomic E-state index is 15.2. The van der Waals surface area contributed by atoms with Gasteiger partial charge in [0.15, 0.2) is 0 Å². The summed E-state index contributed by atoms with van der Waals surface area (Å²) in [6.45, 7) is 1.41. The molecule has 3 heterocycles. The third kappa shape index (κ3) is 3.73. The molecule has 1 saturated heterocycles. The molecule has 2 atom stereocenters. The molecule has 1 aromatic carbocycles. The zero-order valence-corrected chi connectivity index (χ0v) is 18.2. The van der Waals surface area contributed by atoms with Gasteiger partial charge in [0, 0.05) is 31.3 Å². The first kappa shape index (κ1) is 20.2. The van der Waals surface area contributed by atoms with E-state index in [1.807, 2.05) is 29.2 Å². The Hall–Kier alpha value is -3.42. The van der Waals surface area contributed by atoms with Crippen molar-refractivity contribution < 1.29 is 13.9 Å². The number of hydrogen-bond donors (Lipinski definition) is 1. The lowest BCUT2D eigenvalue weighted by Gasteiger charge is -2.18. The summed E-state index contributed by atoms with van der Waals surface area (Å²) >= 11 is 0. The van der Waals surface area contributed by atoms with Crippen LogP contribution in [0, 0.1) is 23.6 Å². The summed E-state index contributed by atoms with van der Waals surface area (Å²) in [5, 5.41) is 6.65. The van der Waals surface area contributed by atoms with Gasteiger partial charge < -0.3 is 9.64 Å². The van der Waals surface area contributed by atoms with Crippen molar-refractivity contribution in [2.45, 2.75) is 32.1 Å². The van der Waals surface area contributed by atoms with Crippen LogP contribution in [0.5, 0.6) is 0 Å². The zero-order chi connectivity index (χ0) is 22.5. The summed E-state index contributed by atoms with van der Waals surface area (Å²) in [5.41, 5.74) is 1.54. The minimum absolute atomic E-state index is 0.188. The lowest BCUT2D eigenvalue weighted by Crippen LogP contribution is -2.30. The van der Waals surface area contributed by atoms with Crippen LogP contribution in [0.4, 0.5) is 4.39 Å². The smallest absolute Gasteiger partial charge is 0.348 e. The Morgan fingerprint density at radius 2 is 2.12 bits per heavy atom. The number of H-pyrrole nitrogens is 1. The number of rotatable bonds is 5. The van der Waals surface area contributed by atoms with E-state index in [-0.39, 0.29) is 29.3 Å². The number of fused-ring (bicyclic) bond motifs is 1. The number of hydrogen-bond acceptors (Lipinski definition) is 4. The van der Waals surface area contributed by atoms with Gasteiger partial charge >= 0.3 is 5.69 Å². The first-order chi connectivity index (χ1) is 16.1. The Morgan fingerprint density at radius 1 is 1.24 bits per heavy atom. The van der Waals surface area contributed by atoms with E-state index in [2.05, 4.69) is 10.2 Å². The van der Waals surface area contributed by atoms with E-state index in [0.717, 1.165) is 49.1 Å². The third-order valence-corrected chi connectivity index (χ3v) is 7.07. The minimum Gasteiger partial charge on any atom is -0.469 e. The topological polar surface area (TPSA) is 80.2 Å². The number of aromatic nitrogens is 3. The van der Waals surface area contributed by atoms with Crippen molar-refractivity contribution in [1.82, 2.24) is 19.7 Å². The third-order valence-electron chi connectivity index (χ3n) is 7.07. The number of ether oxygens (including phenoxy) is 1. The van der Waals surface area contributed by atoms with Gasteiger partial charge in [-0.15, -0.1) is 0 Å². The van der Waals surface area contributed by atoms with Crippen molar-refractivity contribution in [3.8, 4) is 5.69 Å². The first-order valence-corrected chi connectivity index (χ1v) is 11.6. The fourth-order valence-corrected chi connectivity index (χ4v) is 5.08. The highest BCUT2D eigenvalue weighted by atomic mass is 19.1. The van der Waals surface area contributed by atoms with Crippen LogP contribution in [0.15, 0.2) is 53.2 Å². The van der Waals surface area contributed by atoms with Crippen molar-refractivity contribution in [1.29, 1.82) is 0 Å². The van der Waals surface area contributed by atoms with E-state index >= 15 is 4.39 Å². The maximum Gasteiger partial charge on any atom is 0.348 e. The molecule has 2 aliphatic carbocycles. The van der Waals surface area contributed by atoms with Crippen LogP contribution < -0.4 is 5.69 Å². The number of carbonyl (C=O) groups excluding carboxylic acids is 1. The van der Waals surface area contributed by atoms with E-state index < -0.39 is 11.5 Å². The fourth-order valence-electron chi connectivity index (χ4n) is 5.08. The standard InChI is InChI=1S/C25H25FN4O3/c26-20-13-18(17-4-6-22-19(12-17)8-10-33-22)3-5-21(20)30-23(27-28-25(30)32)11-15-7-9-29(14-15)24(31)16-1-2-16/h3-6,8,10,13,15-16,19H,1-2,7,9,11-12,14H2,(H,28,32). The van der Waals surface area contributed by atoms with Gasteiger partial charge in [0.2, 0.25) is 5.91 Å². The lowest BCUT2D eigenvalue weighted by atomic mass is 9.89. The van der Waals surface area contributed by atoms with E-state index in [0.29, 0.717) is 18.8 Å². The lowest BCUT2D eigenvalue weighted by molar-refractivity contribution is -0.131. The maximum atomic E-state index is 15.2. The summed E-state index contributed by atoms with van der Waals surface area (Å²) in [4.78, 5) is 26.8. The van der Waals surface area contributed by atoms with E-state index in [9.17, 15) is 9.59 Å². The van der Waals surface area contributed by atoms with Crippen LogP contribution in [-0.4, -0.2) is 38.7 Å². The molecule has 4 aliphatic rings. The van der Waals surface area contributed by atoms with Crippen LogP contribution in [-0.2, 0) is 16.0 Å². The second-order valence-electron chi connectivity index (χ2n) is 9.38. The van der Waals surface area contributed by atoms with Crippen LogP contribution in [0.3, 0.4) is 0 Å². The van der Waals surface area contributed by atoms with Gasteiger partial charge in [0.1, 0.15) is 17.4 Å². The quantitative estimate of drug-likeness (QED) is 0.761. The Kier molecular flexibility index (Phi) is 4.81. The SMILES string of the molecule is O=C(C1CC1)N1CCC(Cc2n[nH]c(=O)n2-c2ccc(C3=CC=C4OC=CC4C3)cc2F)C1. The summed E-state index contributed by atoms with van der Waals surface area (Å²) in [7, 11) is 0. The molecule has 6 rings (SSSR count). The van der Waals surface area contributed by atoms with Crippen LogP contribution in [0.1, 0.15) is 37.1 Å². The normalized spacial score (nSPS) is 23.8. The number of benzene rings is 1. The molecule has 0 bridgehead atoms. The van der Waals surface area contributed by atoms with Crippen molar-refractivity contribution in [2.24, 2.45) is 17.8 Å². The Balaban J connectivity index is 1.22. The van der Waals surface area contributed by atoms with Gasteiger partial charge in [-0.2, -0.15) is 5.10 Å². The molecule has 0 radical (unpaired) electrons. The molecule has 2 unspecified atom stereocenters. The van der Waals surface area contributed by atoms with Crippen molar-refractivity contribution in [3.63, 3.8) is 0 Å². The fraction of sp³-hybridized carbons (Fsp3) is 0.400.